The first-order chi connectivity index (χ1) is 16.2. The lowest BCUT2D eigenvalue weighted by Crippen LogP contribution is -2.32. The van der Waals surface area contributed by atoms with Crippen LogP contribution in [0.2, 0.25) is 0 Å². The number of carbonyl (C=O) groups excluding carboxylic acids is 1. The van der Waals surface area contributed by atoms with E-state index in [0.717, 1.165) is 27.9 Å². The molecule has 2 amide bonds. The van der Waals surface area contributed by atoms with E-state index in [0.29, 0.717) is 5.69 Å². The second kappa shape index (κ2) is 10.5. The Morgan fingerprint density at radius 2 is 1.09 bits per heavy atom. The highest BCUT2D eigenvalue weighted by Crippen LogP contribution is 2.21. The van der Waals surface area contributed by atoms with Gasteiger partial charge >= 0.3 is 6.03 Å². The van der Waals surface area contributed by atoms with Crippen molar-refractivity contribution in [3.63, 3.8) is 0 Å². The average Bonchev–Trinajstić information content (AvgIpc) is 2.88. The molecule has 0 heterocycles. The second-order valence-electron chi connectivity index (χ2n) is 7.28. The number of amides is 2. The van der Waals surface area contributed by atoms with Crippen molar-refractivity contribution in [1.29, 1.82) is 0 Å². The summed E-state index contributed by atoms with van der Waals surface area (Å²) in [4.78, 5) is 14.7. The van der Waals surface area contributed by atoms with E-state index < -0.39 is 0 Å². The number of urea groups is 1. The summed E-state index contributed by atoms with van der Waals surface area (Å²) in [5.74, 6) is 12.6. The summed E-state index contributed by atoms with van der Waals surface area (Å²) in [6.07, 6.45) is 0. The van der Waals surface area contributed by atoms with Crippen molar-refractivity contribution >= 4 is 17.4 Å². The van der Waals surface area contributed by atoms with Crippen LogP contribution in [0.4, 0.5) is 16.2 Å². The van der Waals surface area contributed by atoms with E-state index >= 15 is 0 Å². The molecule has 0 aliphatic heterocycles. The fourth-order valence-corrected chi connectivity index (χ4v) is 3.20. The van der Waals surface area contributed by atoms with Crippen molar-refractivity contribution in [2.75, 3.05) is 17.3 Å². The van der Waals surface area contributed by atoms with Crippen LogP contribution in [0.3, 0.4) is 0 Å². The van der Waals surface area contributed by atoms with Crippen LogP contribution in [-0.4, -0.2) is 13.1 Å². The van der Waals surface area contributed by atoms with Crippen molar-refractivity contribution in [2.24, 2.45) is 0 Å². The van der Waals surface area contributed by atoms with Crippen LogP contribution in [0.25, 0.3) is 0 Å². The van der Waals surface area contributed by atoms with Gasteiger partial charge in [0.15, 0.2) is 0 Å². The lowest BCUT2D eigenvalue weighted by atomic mass is 10.1. The highest BCUT2D eigenvalue weighted by molar-refractivity contribution is 6.02. The summed E-state index contributed by atoms with van der Waals surface area (Å²) in [5.41, 5.74) is 4.75. The van der Waals surface area contributed by atoms with Crippen molar-refractivity contribution in [2.45, 2.75) is 0 Å². The van der Waals surface area contributed by atoms with E-state index in [1.807, 2.05) is 109 Å². The Bertz CT molecular complexity index is 1370. The first kappa shape index (κ1) is 21.5. The zero-order valence-corrected chi connectivity index (χ0v) is 18.2. The fraction of sp³-hybridized carbons (Fsp3) is 0.0333. The van der Waals surface area contributed by atoms with E-state index in [1.54, 1.807) is 11.9 Å². The van der Waals surface area contributed by atoms with Crippen LogP contribution in [0.1, 0.15) is 22.3 Å². The standard InChI is InChI=1S/C30H22N2O/c1-32(29-19-11-9-17-27(29)23-21-25-14-6-3-7-15-25)30(33)31-28-18-10-8-16-26(28)22-20-24-12-4-2-5-13-24/h2-19H,1H3,(H,31,33). The molecule has 0 atom stereocenters. The zero-order valence-electron chi connectivity index (χ0n) is 18.2. The molecule has 0 saturated carbocycles. The third-order valence-electron chi connectivity index (χ3n) is 4.97. The molecule has 3 heteroatoms. The number of nitrogens with zero attached hydrogens (tertiary/aromatic N) is 1. The van der Waals surface area contributed by atoms with Crippen molar-refractivity contribution in [1.82, 2.24) is 0 Å². The lowest BCUT2D eigenvalue weighted by Gasteiger charge is -2.20. The van der Waals surface area contributed by atoms with E-state index in [-0.39, 0.29) is 6.03 Å². The molecule has 33 heavy (non-hydrogen) atoms. The Morgan fingerprint density at radius 1 is 0.606 bits per heavy atom. The number of para-hydroxylation sites is 2. The van der Waals surface area contributed by atoms with Gasteiger partial charge in [-0.15, -0.1) is 0 Å². The lowest BCUT2D eigenvalue weighted by molar-refractivity contribution is 0.258. The summed E-state index contributed by atoms with van der Waals surface area (Å²) in [6, 6.07) is 34.4. The largest absolute Gasteiger partial charge is 0.326 e. The van der Waals surface area contributed by atoms with Gasteiger partial charge in [-0.1, -0.05) is 84.3 Å². The van der Waals surface area contributed by atoms with Gasteiger partial charge in [0.25, 0.3) is 0 Å². The molecule has 3 nitrogen and oxygen atoms in total. The number of rotatable bonds is 2. The van der Waals surface area contributed by atoms with E-state index in [9.17, 15) is 4.79 Å². The molecule has 0 aliphatic carbocycles. The van der Waals surface area contributed by atoms with Crippen molar-refractivity contribution < 1.29 is 4.79 Å². The van der Waals surface area contributed by atoms with Gasteiger partial charge in [-0.2, -0.15) is 0 Å². The van der Waals surface area contributed by atoms with Gasteiger partial charge in [-0.25, -0.2) is 4.79 Å². The molecule has 0 bridgehead atoms. The number of hydrogen-bond acceptors (Lipinski definition) is 1. The van der Waals surface area contributed by atoms with Crippen molar-refractivity contribution in [3.05, 3.63) is 131 Å². The molecule has 0 fully saturated rings. The first-order valence-corrected chi connectivity index (χ1v) is 10.6. The molecule has 1 N–H and O–H groups in total. The predicted octanol–water partition coefficient (Wildman–Crippen LogP) is 6.15. The number of hydrogen-bond donors (Lipinski definition) is 1. The minimum absolute atomic E-state index is 0.266. The molecule has 0 aliphatic rings. The Kier molecular flexibility index (Phi) is 6.86. The normalized spacial score (nSPS) is 9.61. The molecule has 0 radical (unpaired) electrons. The summed E-state index contributed by atoms with van der Waals surface area (Å²) in [7, 11) is 1.73. The predicted molar refractivity (Wildman–Crippen MR) is 135 cm³/mol. The monoisotopic (exact) mass is 426 g/mol. The van der Waals surface area contributed by atoms with E-state index in [2.05, 4.69) is 29.0 Å². The van der Waals surface area contributed by atoms with Crippen LogP contribution in [0.15, 0.2) is 109 Å². The highest BCUT2D eigenvalue weighted by Gasteiger charge is 2.14. The topological polar surface area (TPSA) is 32.3 Å². The van der Waals surface area contributed by atoms with Crippen LogP contribution < -0.4 is 10.2 Å². The fourth-order valence-electron chi connectivity index (χ4n) is 3.20. The number of carbonyl (C=O) groups is 1. The van der Waals surface area contributed by atoms with Crippen molar-refractivity contribution in [3.8, 4) is 23.7 Å². The second-order valence-corrected chi connectivity index (χ2v) is 7.28. The zero-order chi connectivity index (χ0) is 22.9. The summed E-state index contributed by atoms with van der Waals surface area (Å²) >= 11 is 0. The minimum Gasteiger partial charge on any atom is -0.306 e. The molecule has 0 unspecified atom stereocenters. The molecule has 158 valence electrons. The average molecular weight is 427 g/mol. The molecule has 0 saturated heterocycles. The van der Waals surface area contributed by atoms with E-state index in [1.165, 1.54) is 0 Å². The maximum atomic E-state index is 13.1. The number of benzene rings is 4. The maximum Gasteiger partial charge on any atom is 0.326 e. The summed E-state index contributed by atoms with van der Waals surface area (Å²) in [5, 5.41) is 2.98. The van der Waals surface area contributed by atoms with Crippen LogP contribution >= 0.6 is 0 Å². The third kappa shape index (κ3) is 5.70. The minimum atomic E-state index is -0.266. The Balaban J connectivity index is 1.55. The highest BCUT2D eigenvalue weighted by atomic mass is 16.2. The van der Waals surface area contributed by atoms with Crippen LogP contribution in [0.5, 0.6) is 0 Å². The Morgan fingerprint density at radius 3 is 1.73 bits per heavy atom. The van der Waals surface area contributed by atoms with Crippen LogP contribution in [-0.2, 0) is 0 Å². The molecular weight excluding hydrogens is 404 g/mol. The SMILES string of the molecule is CN(C(=O)Nc1ccccc1C#Cc1ccccc1)c1ccccc1C#Cc1ccccc1. The molecule has 0 aromatic heterocycles. The van der Waals surface area contributed by atoms with Gasteiger partial charge in [0.2, 0.25) is 0 Å². The molecule has 4 aromatic carbocycles. The Labute approximate surface area is 194 Å². The van der Waals surface area contributed by atoms with E-state index in [4.69, 9.17) is 0 Å². The maximum absolute atomic E-state index is 13.1. The third-order valence-corrected chi connectivity index (χ3v) is 4.97. The Hall–Kier alpha value is -4.73. The van der Waals surface area contributed by atoms with Gasteiger partial charge in [-0.3, -0.25) is 4.90 Å². The van der Waals surface area contributed by atoms with Gasteiger partial charge < -0.3 is 5.32 Å². The first-order valence-electron chi connectivity index (χ1n) is 10.6. The molecule has 0 spiro atoms. The molecule has 4 rings (SSSR count). The van der Waals surface area contributed by atoms with Gasteiger partial charge in [-0.05, 0) is 48.5 Å². The molecule has 4 aromatic rings. The van der Waals surface area contributed by atoms with Gasteiger partial charge in [0.05, 0.1) is 11.4 Å². The number of anilines is 2. The number of nitrogens with one attached hydrogen (secondary N) is 1. The molecular formula is C30H22N2O. The quantitative estimate of drug-likeness (QED) is 0.383. The summed E-state index contributed by atoms with van der Waals surface area (Å²) in [6.45, 7) is 0. The van der Waals surface area contributed by atoms with Crippen LogP contribution in [0, 0.1) is 23.7 Å². The van der Waals surface area contributed by atoms with Gasteiger partial charge in [0, 0.05) is 29.3 Å². The smallest absolute Gasteiger partial charge is 0.306 e. The van der Waals surface area contributed by atoms with Gasteiger partial charge in [0.1, 0.15) is 0 Å². The summed E-state index contributed by atoms with van der Waals surface area (Å²) < 4.78 is 0.